The van der Waals surface area contributed by atoms with Gasteiger partial charge in [0.1, 0.15) is 5.78 Å². The number of carbonyl (C=O) groups excluding carboxylic acids is 1. The van der Waals surface area contributed by atoms with Gasteiger partial charge in [-0.2, -0.15) is 0 Å². The van der Waals surface area contributed by atoms with Crippen LogP contribution in [0.5, 0.6) is 0 Å². The summed E-state index contributed by atoms with van der Waals surface area (Å²) in [6.45, 7) is 5.98. The Morgan fingerprint density at radius 1 is 1.60 bits per heavy atom. The molecule has 0 unspecified atom stereocenters. The number of Topliss-reactive ketones (excluding diaryl/α,β-unsaturated/α-hetero) is 1. The van der Waals surface area contributed by atoms with E-state index < -0.39 is 0 Å². The summed E-state index contributed by atoms with van der Waals surface area (Å²) in [6.07, 6.45) is 4.69. The molecular weight excluding hydrogens is 190 g/mol. The van der Waals surface area contributed by atoms with Gasteiger partial charge in [0.2, 0.25) is 0 Å². The van der Waals surface area contributed by atoms with E-state index in [0.717, 1.165) is 5.69 Å². The number of imidazole rings is 1. The minimum absolute atomic E-state index is 0.113. The number of ketones is 1. The molecule has 0 saturated carbocycles. The van der Waals surface area contributed by atoms with Gasteiger partial charge in [-0.1, -0.05) is 20.8 Å². The van der Waals surface area contributed by atoms with Crippen LogP contribution in [0.2, 0.25) is 0 Å². The van der Waals surface area contributed by atoms with E-state index in [0.29, 0.717) is 18.9 Å². The first-order chi connectivity index (χ1) is 7.13. The Balaban J connectivity index is 2.60. The smallest absolute Gasteiger partial charge is 0.149 e. The predicted octanol–water partition coefficient (Wildman–Crippen LogP) is 1.30. The van der Waals surface area contributed by atoms with E-state index in [2.05, 4.69) is 15.3 Å². The van der Waals surface area contributed by atoms with Crippen LogP contribution in [-0.2, 0) is 11.2 Å². The summed E-state index contributed by atoms with van der Waals surface area (Å²) in [5.74, 6) is 0.242. The van der Waals surface area contributed by atoms with Crippen molar-refractivity contribution < 1.29 is 4.79 Å². The van der Waals surface area contributed by atoms with Crippen LogP contribution in [0.1, 0.15) is 32.9 Å². The van der Waals surface area contributed by atoms with Gasteiger partial charge in [-0.15, -0.1) is 0 Å². The number of nitrogens with one attached hydrogen (secondary N) is 2. The van der Waals surface area contributed by atoms with E-state index in [9.17, 15) is 4.79 Å². The Kier molecular flexibility index (Phi) is 4.49. The van der Waals surface area contributed by atoms with Gasteiger partial charge < -0.3 is 10.3 Å². The largest absolute Gasteiger partial charge is 0.351 e. The van der Waals surface area contributed by atoms with Gasteiger partial charge in [0.15, 0.2) is 0 Å². The van der Waals surface area contributed by atoms with Crippen molar-refractivity contribution in [3.8, 4) is 0 Å². The maximum absolute atomic E-state index is 11.7. The lowest BCUT2D eigenvalue weighted by Gasteiger charge is -2.18. The molecule has 1 heterocycles. The third-order valence-corrected chi connectivity index (χ3v) is 2.24. The molecule has 0 aliphatic rings. The van der Waals surface area contributed by atoms with Gasteiger partial charge in [-0.25, -0.2) is 4.98 Å². The zero-order chi connectivity index (χ0) is 11.3. The molecule has 4 nitrogen and oxygen atoms in total. The summed E-state index contributed by atoms with van der Waals surface area (Å²) in [7, 11) is 0. The van der Waals surface area contributed by atoms with Crippen molar-refractivity contribution in [1.29, 1.82) is 0 Å². The fourth-order valence-electron chi connectivity index (χ4n) is 1.53. The molecule has 1 atom stereocenters. The highest BCUT2D eigenvalue weighted by Crippen LogP contribution is 2.02. The zero-order valence-electron chi connectivity index (χ0n) is 9.58. The molecule has 1 aromatic rings. The number of aromatic amines is 1. The Hall–Kier alpha value is -1.16. The highest BCUT2D eigenvalue weighted by atomic mass is 16.1. The van der Waals surface area contributed by atoms with Crippen LogP contribution in [0.15, 0.2) is 12.5 Å². The lowest BCUT2D eigenvalue weighted by atomic mass is 10.0. The third-order valence-electron chi connectivity index (χ3n) is 2.24. The molecule has 0 aromatic carbocycles. The fourth-order valence-corrected chi connectivity index (χ4v) is 1.53. The minimum Gasteiger partial charge on any atom is -0.351 e. The van der Waals surface area contributed by atoms with Crippen LogP contribution in [0.25, 0.3) is 0 Å². The van der Waals surface area contributed by atoms with Crippen molar-refractivity contribution in [2.45, 2.75) is 45.7 Å². The lowest BCUT2D eigenvalue weighted by molar-refractivity contribution is -0.120. The summed E-state index contributed by atoms with van der Waals surface area (Å²) in [4.78, 5) is 18.7. The fraction of sp³-hybridized carbons (Fsp3) is 0.636. The van der Waals surface area contributed by atoms with Crippen LogP contribution >= 0.6 is 0 Å². The number of rotatable bonds is 6. The van der Waals surface area contributed by atoms with Crippen LogP contribution in [0.3, 0.4) is 0 Å². The molecule has 1 aromatic heterocycles. The molecule has 0 aliphatic carbocycles. The van der Waals surface area contributed by atoms with Crippen molar-refractivity contribution in [2.75, 3.05) is 0 Å². The molecule has 0 fully saturated rings. The van der Waals surface area contributed by atoms with Gasteiger partial charge in [-0.05, 0) is 0 Å². The molecule has 1 rings (SSSR count). The summed E-state index contributed by atoms with van der Waals surface area (Å²) >= 11 is 0. The molecule has 84 valence electrons. The molecule has 0 amide bonds. The molecule has 0 aliphatic heterocycles. The normalized spacial score (nSPS) is 13.1. The summed E-state index contributed by atoms with van der Waals surface area (Å²) in [5.41, 5.74) is 0.926. The monoisotopic (exact) mass is 209 g/mol. The van der Waals surface area contributed by atoms with Gasteiger partial charge in [0.25, 0.3) is 0 Å². The van der Waals surface area contributed by atoms with Crippen LogP contribution in [-0.4, -0.2) is 27.8 Å². The van der Waals surface area contributed by atoms with Crippen molar-refractivity contribution >= 4 is 5.78 Å². The van der Waals surface area contributed by atoms with Gasteiger partial charge in [0.05, 0.1) is 18.1 Å². The van der Waals surface area contributed by atoms with E-state index in [1.807, 2.05) is 27.0 Å². The Bertz CT molecular complexity index is 293. The van der Waals surface area contributed by atoms with Crippen molar-refractivity contribution in [3.63, 3.8) is 0 Å². The highest BCUT2D eigenvalue weighted by molar-refractivity contribution is 5.84. The molecule has 0 bridgehead atoms. The van der Waals surface area contributed by atoms with Gasteiger partial charge >= 0.3 is 0 Å². The third kappa shape index (κ3) is 3.83. The van der Waals surface area contributed by atoms with E-state index in [-0.39, 0.29) is 11.8 Å². The van der Waals surface area contributed by atoms with Gasteiger partial charge in [0, 0.05) is 25.1 Å². The molecule has 15 heavy (non-hydrogen) atoms. The van der Waals surface area contributed by atoms with E-state index >= 15 is 0 Å². The number of hydrogen-bond donors (Lipinski definition) is 2. The van der Waals surface area contributed by atoms with E-state index in [4.69, 9.17) is 0 Å². The van der Waals surface area contributed by atoms with Gasteiger partial charge in [-0.3, -0.25) is 4.79 Å². The SMILES string of the molecule is CCC(=O)[C@H](Cc1c[nH]cn1)NC(C)C. The van der Waals surface area contributed by atoms with Crippen molar-refractivity contribution in [2.24, 2.45) is 0 Å². The maximum atomic E-state index is 11.7. The second-order valence-electron chi connectivity index (χ2n) is 3.96. The van der Waals surface area contributed by atoms with Crippen LogP contribution in [0, 0.1) is 0 Å². The number of hydrogen-bond acceptors (Lipinski definition) is 3. The Morgan fingerprint density at radius 3 is 2.80 bits per heavy atom. The first-order valence-electron chi connectivity index (χ1n) is 5.40. The first kappa shape index (κ1) is 11.9. The first-order valence-corrected chi connectivity index (χ1v) is 5.40. The van der Waals surface area contributed by atoms with Crippen LogP contribution < -0.4 is 5.32 Å². The number of nitrogens with zero attached hydrogens (tertiary/aromatic N) is 1. The minimum atomic E-state index is -0.113. The average Bonchev–Trinajstić information content (AvgIpc) is 2.67. The standard InChI is InChI=1S/C11H19N3O/c1-4-11(15)10(14-8(2)3)5-9-6-12-7-13-9/h6-8,10,14H,4-5H2,1-3H3,(H,12,13)/t10-/m0/s1. The van der Waals surface area contributed by atoms with E-state index in [1.165, 1.54) is 0 Å². The topological polar surface area (TPSA) is 57.8 Å². The summed E-state index contributed by atoms with van der Waals surface area (Å²) in [5, 5.41) is 3.27. The zero-order valence-corrected chi connectivity index (χ0v) is 9.58. The predicted molar refractivity (Wildman–Crippen MR) is 59.6 cm³/mol. The molecular formula is C11H19N3O. The number of aromatic nitrogens is 2. The number of carbonyl (C=O) groups is 1. The summed E-state index contributed by atoms with van der Waals surface area (Å²) in [6, 6.07) is 0.197. The second kappa shape index (κ2) is 5.66. The van der Waals surface area contributed by atoms with E-state index in [1.54, 1.807) is 6.33 Å². The highest BCUT2D eigenvalue weighted by Gasteiger charge is 2.18. The quantitative estimate of drug-likeness (QED) is 0.742. The number of H-pyrrole nitrogens is 1. The molecule has 0 radical (unpaired) electrons. The lowest BCUT2D eigenvalue weighted by Crippen LogP contribution is -2.42. The Morgan fingerprint density at radius 2 is 2.33 bits per heavy atom. The molecule has 0 saturated heterocycles. The van der Waals surface area contributed by atoms with Crippen molar-refractivity contribution in [3.05, 3.63) is 18.2 Å². The van der Waals surface area contributed by atoms with Crippen LogP contribution in [0.4, 0.5) is 0 Å². The average molecular weight is 209 g/mol. The molecule has 2 N–H and O–H groups in total. The Labute approximate surface area is 90.5 Å². The van der Waals surface area contributed by atoms with Crippen molar-refractivity contribution in [1.82, 2.24) is 15.3 Å². The molecule has 4 heteroatoms. The maximum Gasteiger partial charge on any atom is 0.149 e. The summed E-state index contributed by atoms with van der Waals surface area (Å²) < 4.78 is 0. The second-order valence-corrected chi connectivity index (χ2v) is 3.96. The molecule has 0 spiro atoms.